The Balaban J connectivity index is 2.11. The Morgan fingerprint density at radius 1 is 1.20 bits per heavy atom. The number of carboxylic acids is 1. The molecule has 0 unspecified atom stereocenters. The Hall–Kier alpha value is -1.43. The molecule has 0 radical (unpaired) electrons. The van der Waals surface area contributed by atoms with Crippen LogP contribution in [0.5, 0.6) is 0 Å². The smallest absolute Gasteiger partial charge is 0.307 e. The summed E-state index contributed by atoms with van der Waals surface area (Å²) in [7, 11) is 4.05. The van der Waals surface area contributed by atoms with E-state index in [0.29, 0.717) is 6.61 Å². The normalized spacial score (nSPS) is 10.9. The van der Waals surface area contributed by atoms with Crippen molar-refractivity contribution in [1.29, 1.82) is 0 Å². The van der Waals surface area contributed by atoms with Gasteiger partial charge in [-0.1, -0.05) is 24.3 Å². The van der Waals surface area contributed by atoms with E-state index >= 15 is 0 Å². The monoisotopic (exact) mass is 280 g/mol. The van der Waals surface area contributed by atoms with Gasteiger partial charge in [0.2, 0.25) is 0 Å². The van der Waals surface area contributed by atoms with Crippen LogP contribution in [0.15, 0.2) is 24.3 Å². The minimum Gasteiger partial charge on any atom is -0.481 e. The third-order valence-electron chi connectivity index (χ3n) is 2.81. The number of nitrogens with zero attached hydrogens (tertiary/aromatic N) is 1. The van der Waals surface area contributed by atoms with Gasteiger partial charge in [-0.15, -0.1) is 0 Å². The van der Waals surface area contributed by atoms with Crippen LogP contribution in [0.3, 0.4) is 0 Å². The lowest BCUT2D eigenvalue weighted by molar-refractivity contribution is -0.136. The van der Waals surface area contributed by atoms with Gasteiger partial charge in [-0.05, 0) is 25.2 Å². The number of hydrogen-bond donors (Lipinski definition) is 2. The fourth-order valence-corrected chi connectivity index (χ4v) is 1.68. The Morgan fingerprint density at radius 3 is 2.45 bits per heavy atom. The van der Waals surface area contributed by atoms with E-state index in [1.54, 1.807) is 0 Å². The molecule has 0 bridgehead atoms. The Morgan fingerprint density at radius 2 is 1.85 bits per heavy atom. The fraction of sp³-hybridized carbons (Fsp3) is 0.533. The van der Waals surface area contributed by atoms with Crippen molar-refractivity contribution in [1.82, 2.24) is 10.2 Å². The summed E-state index contributed by atoms with van der Waals surface area (Å²) in [5.41, 5.74) is 1.97. The molecule has 2 N–H and O–H groups in total. The Bertz CT molecular complexity index is 391. The highest BCUT2D eigenvalue weighted by Crippen LogP contribution is 2.05. The zero-order valence-electron chi connectivity index (χ0n) is 12.3. The molecule has 0 saturated carbocycles. The number of benzene rings is 1. The first-order chi connectivity index (χ1) is 9.58. The highest BCUT2D eigenvalue weighted by atomic mass is 16.5. The van der Waals surface area contributed by atoms with Crippen LogP contribution in [-0.2, 0) is 22.5 Å². The lowest BCUT2D eigenvalue weighted by Gasteiger charge is -2.10. The van der Waals surface area contributed by atoms with E-state index in [4.69, 9.17) is 9.84 Å². The predicted octanol–water partition coefficient (Wildman–Crippen LogP) is 0.981. The highest BCUT2D eigenvalue weighted by Gasteiger charge is 2.00. The van der Waals surface area contributed by atoms with E-state index in [2.05, 4.69) is 10.2 Å². The molecule has 0 heterocycles. The molecule has 0 saturated heterocycles. The van der Waals surface area contributed by atoms with Gasteiger partial charge in [0, 0.05) is 19.6 Å². The molecular weight excluding hydrogens is 256 g/mol. The molecule has 0 fully saturated rings. The molecule has 1 rings (SSSR count). The van der Waals surface area contributed by atoms with Gasteiger partial charge >= 0.3 is 5.97 Å². The van der Waals surface area contributed by atoms with Crippen molar-refractivity contribution >= 4 is 5.97 Å². The molecule has 112 valence electrons. The standard InChI is InChI=1S/C15H24N2O3/c1-17(2)8-10-20-9-7-16-12-14-5-3-13(4-6-14)11-15(18)19/h3-6,16H,7-12H2,1-2H3,(H,18,19). The summed E-state index contributed by atoms with van der Waals surface area (Å²) in [5, 5.41) is 12.0. The largest absolute Gasteiger partial charge is 0.481 e. The molecular formula is C15H24N2O3. The quantitative estimate of drug-likeness (QED) is 0.626. The van der Waals surface area contributed by atoms with Crippen LogP contribution in [0, 0.1) is 0 Å². The second-order valence-corrected chi connectivity index (χ2v) is 4.98. The number of aliphatic carboxylic acids is 1. The molecule has 5 nitrogen and oxygen atoms in total. The van der Waals surface area contributed by atoms with Crippen LogP contribution in [0.25, 0.3) is 0 Å². The maximum atomic E-state index is 10.6. The minimum atomic E-state index is -0.800. The van der Waals surface area contributed by atoms with Crippen LogP contribution < -0.4 is 5.32 Å². The molecule has 0 amide bonds. The topological polar surface area (TPSA) is 61.8 Å². The summed E-state index contributed by atoms with van der Waals surface area (Å²) < 4.78 is 5.48. The van der Waals surface area contributed by atoms with Gasteiger partial charge in [0.25, 0.3) is 0 Å². The first-order valence-electron chi connectivity index (χ1n) is 6.80. The zero-order chi connectivity index (χ0) is 14.8. The van der Waals surface area contributed by atoms with Gasteiger partial charge in [0.15, 0.2) is 0 Å². The van der Waals surface area contributed by atoms with E-state index in [-0.39, 0.29) is 6.42 Å². The van der Waals surface area contributed by atoms with Crippen molar-refractivity contribution < 1.29 is 14.6 Å². The number of likely N-dealkylation sites (N-methyl/N-ethyl adjacent to an activating group) is 1. The summed E-state index contributed by atoms with van der Waals surface area (Å²) in [4.78, 5) is 12.7. The van der Waals surface area contributed by atoms with Crippen LogP contribution in [-0.4, -0.2) is 56.4 Å². The van der Waals surface area contributed by atoms with Crippen LogP contribution in [0.4, 0.5) is 0 Å². The minimum absolute atomic E-state index is 0.0768. The number of hydrogen-bond acceptors (Lipinski definition) is 4. The third kappa shape index (κ3) is 7.89. The van der Waals surface area contributed by atoms with Crippen LogP contribution >= 0.6 is 0 Å². The molecule has 0 aliphatic heterocycles. The van der Waals surface area contributed by atoms with Crippen molar-refractivity contribution in [3.05, 3.63) is 35.4 Å². The highest BCUT2D eigenvalue weighted by molar-refractivity contribution is 5.70. The van der Waals surface area contributed by atoms with E-state index in [1.807, 2.05) is 38.4 Å². The molecule has 1 aromatic rings. The summed E-state index contributed by atoms with van der Waals surface area (Å²) in [6.45, 7) is 3.96. The Labute approximate surface area is 120 Å². The number of nitrogens with one attached hydrogen (secondary N) is 1. The molecule has 0 aliphatic carbocycles. The predicted molar refractivity (Wildman–Crippen MR) is 78.9 cm³/mol. The number of ether oxygens (including phenoxy) is 1. The SMILES string of the molecule is CN(C)CCOCCNCc1ccc(CC(=O)O)cc1. The van der Waals surface area contributed by atoms with Crippen molar-refractivity contribution in [3.8, 4) is 0 Å². The van der Waals surface area contributed by atoms with Crippen LogP contribution in [0.1, 0.15) is 11.1 Å². The van der Waals surface area contributed by atoms with Crippen molar-refractivity contribution in [3.63, 3.8) is 0 Å². The van der Waals surface area contributed by atoms with Gasteiger partial charge in [-0.3, -0.25) is 4.79 Å². The molecule has 0 atom stereocenters. The summed E-state index contributed by atoms with van der Waals surface area (Å²) in [5.74, 6) is -0.800. The molecule has 0 aliphatic rings. The first-order valence-corrected chi connectivity index (χ1v) is 6.80. The summed E-state index contributed by atoms with van der Waals surface area (Å²) >= 11 is 0. The van der Waals surface area contributed by atoms with Gasteiger partial charge < -0.3 is 20.1 Å². The molecule has 0 aromatic heterocycles. The molecule has 0 spiro atoms. The van der Waals surface area contributed by atoms with Crippen molar-refractivity contribution in [2.45, 2.75) is 13.0 Å². The summed E-state index contributed by atoms with van der Waals surface area (Å²) in [6, 6.07) is 7.63. The lowest BCUT2D eigenvalue weighted by Crippen LogP contribution is -2.23. The molecule has 5 heteroatoms. The van der Waals surface area contributed by atoms with Gasteiger partial charge in [0.1, 0.15) is 0 Å². The maximum Gasteiger partial charge on any atom is 0.307 e. The first kappa shape index (κ1) is 16.6. The van der Waals surface area contributed by atoms with Crippen molar-refractivity contribution in [2.75, 3.05) is 40.4 Å². The average molecular weight is 280 g/mol. The van der Waals surface area contributed by atoms with E-state index < -0.39 is 5.97 Å². The van der Waals surface area contributed by atoms with Crippen LogP contribution in [0.2, 0.25) is 0 Å². The zero-order valence-corrected chi connectivity index (χ0v) is 12.3. The van der Waals surface area contributed by atoms with Gasteiger partial charge in [0.05, 0.1) is 19.6 Å². The van der Waals surface area contributed by atoms with Gasteiger partial charge in [-0.2, -0.15) is 0 Å². The lowest BCUT2D eigenvalue weighted by atomic mass is 10.1. The molecule has 20 heavy (non-hydrogen) atoms. The molecule has 1 aromatic carbocycles. The summed E-state index contributed by atoms with van der Waals surface area (Å²) in [6.07, 6.45) is 0.0768. The Kier molecular flexibility index (Phi) is 7.87. The van der Waals surface area contributed by atoms with Gasteiger partial charge in [-0.25, -0.2) is 0 Å². The second kappa shape index (κ2) is 9.47. The van der Waals surface area contributed by atoms with E-state index in [1.165, 1.54) is 0 Å². The number of rotatable bonds is 10. The number of carbonyl (C=O) groups is 1. The van der Waals surface area contributed by atoms with Crippen molar-refractivity contribution in [2.24, 2.45) is 0 Å². The number of carboxylic acid groups (broad SMARTS) is 1. The van der Waals surface area contributed by atoms with E-state index in [0.717, 1.165) is 37.4 Å². The van der Waals surface area contributed by atoms with E-state index in [9.17, 15) is 4.79 Å². The third-order valence-corrected chi connectivity index (χ3v) is 2.81. The maximum absolute atomic E-state index is 10.6. The second-order valence-electron chi connectivity index (χ2n) is 4.98. The average Bonchev–Trinajstić information content (AvgIpc) is 2.38. The fourth-order valence-electron chi connectivity index (χ4n) is 1.68.